The van der Waals surface area contributed by atoms with Crippen LogP contribution >= 0.6 is 34.9 Å². The monoisotopic (exact) mass is 528 g/mol. The summed E-state index contributed by atoms with van der Waals surface area (Å²) in [5.74, 6) is -2.08. The Kier molecular flexibility index (Phi) is 9.36. The quantitative estimate of drug-likeness (QED) is 0.134. The van der Waals surface area contributed by atoms with Crippen molar-refractivity contribution in [2.75, 3.05) is 31.0 Å². The van der Waals surface area contributed by atoms with Gasteiger partial charge in [-0.05, 0) is 18.2 Å². The molecule has 2 N–H and O–H groups in total. The molecule has 0 saturated carbocycles. The number of hydrogen-bond acceptors (Lipinski definition) is 11. The number of rotatable bonds is 12. The molecule has 3 heterocycles. The molecule has 1 aromatic rings. The van der Waals surface area contributed by atoms with Crippen LogP contribution in [-0.2, 0) is 28.8 Å². The number of unbranched alkanes of at least 4 members (excludes halogenated alkanes) is 1. The second kappa shape index (κ2) is 12.2. The maximum Gasteiger partial charge on any atom is 0.352 e. The van der Waals surface area contributed by atoms with Crippen LogP contribution in [0.15, 0.2) is 27.3 Å². The number of ether oxygens (including phenoxy) is 1. The van der Waals surface area contributed by atoms with Gasteiger partial charge >= 0.3 is 11.9 Å². The van der Waals surface area contributed by atoms with Crippen LogP contribution in [0.2, 0.25) is 0 Å². The van der Waals surface area contributed by atoms with E-state index in [4.69, 9.17) is 9.57 Å². The molecule has 2 aliphatic heterocycles. The fraction of sp³-hybridized carbons (Fsp3) is 0.500. The van der Waals surface area contributed by atoms with E-state index in [-0.39, 0.29) is 23.7 Å². The number of esters is 1. The van der Waals surface area contributed by atoms with Gasteiger partial charge in [-0.25, -0.2) is 14.6 Å². The van der Waals surface area contributed by atoms with Crippen molar-refractivity contribution in [3.05, 3.63) is 27.9 Å². The highest BCUT2D eigenvalue weighted by molar-refractivity contribution is 8.00. The molecule has 2 amide bonds. The van der Waals surface area contributed by atoms with Crippen LogP contribution in [0.4, 0.5) is 0 Å². The Morgan fingerprint density at radius 1 is 1.41 bits per heavy atom. The summed E-state index contributed by atoms with van der Waals surface area (Å²) in [6.45, 7) is 1.75. The molecule has 11 nitrogen and oxygen atoms in total. The second-order valence-electron chi connectivity index (χ2n) is 7.21. The first-order valence-corrected chi connectivity index (χ1v) is 13.7. The number of β-lactam (4-membered cyclic amide) rings is 1. The lowest BCUT2D eigenvalue weighted by atomic mass is 10.0. The van der Waals surface area contributed by atoms with Gasteiger partial charge in [-0.3, -0.25) is 14.5 Å². The van der Waals surface area contributed by atoms with Gasteiger partial charge in [0, 0.05) is 16.9 Å². The fourth-order valence-corrected chi connectivity index (χ4v) is 5.83. The van der Waals surface area contributed by atoms with Crippen molar-refractivity contribution in [1.82, 2.24) is 15.2 Å². The van der Waals surface area contributed by atoms with Crippen molar-refractivity contribution in [2.24, 2.45) is 5.16 Å². The molecular weight excluding hydrogens is 504 g/mol. The number of thioether (sulfide) groups is 2. The SMILES string of the molecule is CCCCOC(=O)CON=C(C(=O)NC1C(=O)N2C(C(=O)O)=C(CSC)CS[C@H]12)c1cscn1. The van der Waals surface area contributed by atoms with E-state index >= 15 is 0 Å². The third kappa shape index (κ3) is 5.91. The molecule has 0 aliphatic carbocycles. The van der Waals surface area contributed by atoms with E-state index < -0.39 is 41.8 Å². The standard InChI is InChI=1S/C20H24N4O7S3/c1-3-4-5-30-13(25)6-31-23-14(12-9-33-10-21-12)17(26)22-15-18(27)24-16(20(28)29)11(7-32-2)8-34-19(15)24/h9-10,15,19H,3-8H2,1-2H3,(H,22,26)(H,28,29)/t15?,19-/m1/s1. The molecule has 1 unspecified atom stereocenters. The number of amides is 2. The fourth-order valence-electron chi connectivity index (χ4n) is 3.23. The van der Waals surface area contributed by atoms with E-state index in [9.17, 15) is 24.3 Å². The third-order valence-corrected chi connectivity index (χ3v) is 7.41. The van der Waals surface area contributed by atoms with Gasteiger partial charge in [0.25, 0.3) is 11.8 Å². The van der Waals surface area contributed by atoms with Crippen LogP contribution in [0.1, 0.15) is 25.5 Å². The number of aromatic nitrogens is 1. The third-order valence-electron chi connectivity index (χ3n) is 4.84. The zero-order valence-corrected chi connectivity index (χ0v) is 21.0. The first kappa shape index (κ1) is 26.0. The summed E-state index contributed by atoms with van der Waals surface area (Å²) < 4.78 is 4.98. The van der Waals surface area contributed by atoms with E-state index in [0.717, 1.165) is 12.8 Å². The van der Waals surface area contributed by atoms with Gasteiger partial charge < -0.3 is 20.0 Å². The number of aliphatic carboxylic acids is 1. The Hall–Kier alpha value is -2.58. The largest absolute Gasteiger partial charge is 0.477 e. The Morgan fingerprint density at radius 2 is 2.21 bits per heavy atom. The number of nitrogens with zero attached hydrogens (tertiary/aromatic N) is 3. The Balaban J connectivity index is 1.68. The molecule has 184 valence electrons. The van der Waals surface area contributed by atoms with Crippen molar-refractivity contribution in [1.29, 1.82) is 0 Å². The van der Waals surface area contributed by atoms with Crippen LogP contribution in [0.25, 0.3) is 0 Å². The highest BCUT2D eigenvalue weighted by atomic mass is 32.2. The molecule has 0 aromatic carbocycles. The molecule has 1 fully saturated rings. The molecule has 14 heteroatoms. The highest BCUT2D eigenvalue weighted by Crippen LogP contribution is 2.40. The van der Waals surface area contributed by atoms with Gasteiger partial charge in [-0.1, -0.05) is 18.5 Å². The molecule has 1 aromatic heterocycles. The molecule has 0 spiro atoms. The van der Waals surface area contributed by atoms with E-state index in [2.05, 4.69) is 15.5 Å². The summed E-state index contributed by atoms with van der Waals surface area (Å²) in [5.41, 5.74) is 2.17. The molecule has 0 bridgehead atoms. The van der Waals surface area contributed by atoms with Crippen LogP contribution in [0.3, 0.4) is 0 Å². The smallest absolute Gasteiger partial charge is 0.352 e. The number of carbonyl (C=O) groups excluding carboxylic acids is 3. The van der Waals surface area contributed by atoms with Gasteiger partial charge in [0.05, 0.1) is 12.1 Å². The van der Waals surface area contributed by atoms with Gasteiger partial charge in [-0.15, -0.1) is 23.1 Å². The number of carboxylic acids is 1. The van der Waals surface area contributed by atoms with Crippen molar-refractivity contribution < 1.29 is 33.9 Å². The van der Waals surface area contributed by atoms with Crippen LogP contribution < -0.4 is 5.32 Å². The summed E-state index contributed by atoms with van der Waals surface area (Å²) in [4.78, 5) is 59.5. The Morgan fingerprint density at radius 3 is 2.85 bits per heavy atom. The number of carbonyl (C=O) groups is 4. The number of nitrogens with one attached hydrogen (secondary N) is 1. The van der Waals surface area contributed by atoms with Crippen molar-refractivity contribution in [3.63, 3.8) is 0 Å². The number of oxime groups is 1. The van der Waals surface area contributed by atoms with Crippen LogP contribution in [0, 0.1) is 0 Å². The van der Waals surface area contributed by atoms with Gasteiger partial charge in [0.1, 0.15) is 22.8 Å². The summed E-state index contributed by atoms with van der Waals surface area (Å²) in [6, 6.07) is -0.925. The first-order valence-electron chi connectivity index (χ1n) is 10.3. The molecule has 3 rings (SSSR count). The highest BCUT2D eigenvalue weighted by Gasteiger charge is 2.54. The Bertz CT molecular complexity index is 996. The summed E-state index contributed by atoms with van der Waals surface area (Å²) >= 11 is 4.09. The van der Waals surface area contributed by atoms with Gasteiger partial charge in [0.15, 0.2) is 5.71 Å². The molecule has 2 atom stereocenters. The normalized spacial score (nSPS) is 19.9. The number of fused-ring (bicyclic) bond motifs is 1. The molecule has 0 radical (unpaired) electrons. The van der Waals surface area contributed by atoms with E-state index in [1.165, 1.54) is 45.3 Å². The average molecular weight is 529 g/mol. The molecule has 34 heavy (non-hydrogen) atoms. The maximum atomic E-state index is 12.9. The first-order chi connectivity index (χ1) is 16.4. The minimum atomic E-state index is -1.17. The Labute approximate surface area is 208 Å². The molecular formula is C20H24N4O7S3. The predicted molar refractivity (Wildman–Crippen MR) is 129 cm³/mol. The lowest BCUT2D eigenvalue weighted by Gasteiger charge is -2.49. The van der Waals surface area contributed by atoms with E-state index in [0.29, 0.717) is 17.1 Å². The van der Waals surface area contributed by atoms with E-state index in [1.54, 1.807) is 5.38 Å². The number of carboxylic acid groups (broad SMARTS) is 1. The van der Waals surface area contributed by atoms with Crippen LogP contribution in [-0.4, -0.2) is 86.8 Å². The van der Waals surface area contributed by atoms with Crippen molar-refractivity contribution >= 4 is 64.3 Å². The topological polar surface area (TPSA) is 147 Å². The average Bonchev–Trinajstić information content (AvgIpc) is 3.34. The number of hydrogen-bond donors (Lipinski definition) is 2. The molecule has 2 aliphatic rings. The van der Waals surface area contributed by atoms with Crippen molar-refractivity contribution in [2.45, 2.75) is 31.2 Å². The summed E-state index contributed by atoms with van der Waals surface area (Å²) in [6.07, 6.45) is 3.46. The predicted octanol–water partition coefficient (Wildman–Crippen LogP) is 1.31. The van der Waals surface area contributed by atoms with Crippen LogP contribution in [0.5, 0.6) is 0 Å². The maximum absolute atomic E-state index is 12.9. The summed E-state index contributed by atoms with van der Waals surface area (Å²) in [5, 5.41) is 17.0. The lowest BCUT2D eigenvalue weighted by Crippen LogP contribution is -2.71. The van der Waals surface area contributed by atoms with Gasteiger partial charge in [0.2, 0.25) is 6.61 Å². The minimum Gasteiger partial charge on any atom is -0.477 e. The number of thiazole rings is 1. The molecule has 1 saturated heterocycles. The zero-order chi connectivity index (χ0) is 24.7. The zero-order valence-electron chi connectivity index (χ0n) is 18.5. The van der Waals surface area contributed by atoms with Crippen molar-refractivity contribution in [3.8, 4) is 0 Å². The van der Waals surface area contributed by atoms with Gasteiger partial charge in [-0.2, -0.15) is 11.8 Å². The summed E-state index contributed by atoms with van der Waals surface area (Å²) in [7, 11) is 0. The second-order valence-corrected chi connectivity index (χ2v) is 9.90. The van der Waals surface area contributed by atoms with E-state index in [1.807, 2.05) is 13.2 Å². The minimum absolute atomic E-state index is 0.0214. The lowest BCUT2D eigenvalue weighted by molar-refractivity contribution is -0.150.